The molecule has 1 fully saturated rings. The van der Waals surface area contributed by atoms with Gasteiger partial charge in [-0.2, -0.15) is 0 Å². The molecule has 1 aromatic heterocycles. The van der Waals surface area contributed by atoms with Gasteiger partial charge in [-0.1, -0.05) is 18.2 Å². The maximum absolute atomic E-state index is 4.34. The summed E-state index contributed by atoms with van der Waals surface area (Å²) in [4.78, 5) is 0. The lowest BCUT2D eigenvalue weighted by Crippen LogP contribution is -2.45. The van der Waals surface area contributed by atoms with Gasteiger partial charge in [-0.15, -0.1) is 10.2 Å². The molecular formula is C14H18N4. The minimum atomic E-state index is -0.0649. The van der Waals surface area contributed by atoms with Crippen molar-refractivity contribution in [3.63, 3.8) is 0 Å². The van der Waals surface area contributed by atoms with Crippen LogP contribution in [0, 0.1) is 0 Å². The highest BCUT2D eigenvalue weighted by molar-refractivity contribution is 5.33. The first kappa shape index (κ1) is 11.4. The van der Waals surface area contributed by atoms with Gasteiger partial charge in [-0.3, -0.25) is 4.57 Å². The van der Waals surface area contributed by atoms with E-state index in [-0.39, 0.29) is 5.54 Å². The van der Waals surface area contributed by atoms with Gasteiger partial charge in [0, 0.05) is 5.69 Å². The molecule has 3 rings (SSSR count). The lowest BCUT2D eigenvalue weighted by Gasteiger charge is -2.34. The van der Waals surface area contributed by atoms with Crippen LogP contribution in [-0.4, -0.2) is 21.3 Å². The second-order valence-corrected chi connectivity index (χ2v) is 5.08. The fourth-order valence-electron chi connectivity index (χ4n) is 2.64. The molecule has 2 heterocycles. The van der Waals surface area contributed by atoms with Gasteiger partial charge in [-0.05, 0) is 44.9 Å². The van der Waals surface area contributed by atoms with Crippen LogP contribution in [0.1, 0.15) is 32.0 Å². The summed E-state index contributed by atoms with van der Waals surface area (Å²) in [6.07, 6.45) is 5.39. The fourth-order valence-corrected chi connectivity index (χ4v) is 2.64. The molecule has 1 N–H and O–H groups in total. The molecule has 1 aromatic carbocycles. The van der Waals surface area contributed by atoms with E-state index in [1.807, 2.05) is 18.2 Å². The molecular weight excluding hydrogens is 224 g/mol. The second kappa shape index (κ2) is 4.53. The summed E-state index contributed by atoms with van der Waals surface area (Å²) in [7, 11) is 0. The highest BCUT2D eigenvalue weighted by Crippen LogP contribution is 2.29. The molecule has 0 aliphatic carbocycles. The van der Waals surface area contributed by atoms with Crippen LogP contribution >= 0.6 is 0 Å². The second-order valence-electron chi connectivity index (χ2n) is 5.08. The molecule has 1 unspecified atom stereocenters. The Hall–Kier alpha value is -1.68. The molecule has 0 radical (unpaired) electrons. The molecule has 1 aliphatic heterocycles. The van der Waals surface area contributed by atoms with E-state index in [1.165, 1.54) is 12.8 Å². The zero-order valence-electron chi connectivity index (χ0n) is 10.6. The fraction of sp³-hybridized carbons (Fsp3) is 0.429. The van der Waals surface area contributed by atoms with E-state index in [2.05, 4.69) is 39.1 Å². The van der Waals surface area contributed by atoms with Crippen molar-refractivity contribution in [2.24, 2.45) is 0 Å². The van der Waals surface area contributed by atoms with Crippen LogP contribution in [0.2, 0.25) is 0 Å². The van der Waals surface area contributed by atoms with E-state index < -0.39 is 0 Å². The first-order valence-corrected chi connectivity index (χ1v) is 6.51. The smallest absolute Gasteiger partial charge is 0.157 e. The average Bonchev–Trinajstić information content (AvgIpc) is 2.91. The van der Waals surface area contributed by atoms with Crippen molar-refractivity contribution in [3.8, 4) is 5.69 Å². The van der Waals surface area contributed by atoms with Crippen LogP contribution < -0.4 is 5.32 Å². The van der Waals surface area contributed by atoms with Gasteiger partial charge in [0.25, 0.3) is 0 Å². The monoisotopic (exact) mass is 242 g/mol. The Balaban J connectivity index is 2.01. The van der Waals surface area contributed by atoms with Crippen molar-refractivity contribution in [2.45, 2.75) is 31.7 Å². The Morgan fingerprint density at radius 2 is 2.06 bits per heavy atom. The highest BCUT2D eigenvalue weighted by atomic mass is 15.3. The SMILES string of the molecule is CC1(c2nncn2-c2ccccc2)CCCCN1. The lowest BCUT2D eigenvalue weighted by molar-refractivity contribution is 0.265. The molecule has 1 saturated heterocycles. The Labute approximate surface area is 107 Å². The Morgan fingerprint density at radius 1 is 1.22 bits per heavy atom. The Morgan fingerprint density at radius 3 is 2.78 bits per heavy atom. The number of piperidine rings is 1. The summed E-state index contributed by atoms with van der Waals surface area (Å²) in [6, 6.07) is 10.3. The molecule has 1 aliphatic rings. The van der Waals surface area contributed by atoms with Gasteiger partial charge >= 0.3 is 0 Å². The molecule has 4 nitrogen and oxygen atoms in total. The number of nitrogens with zero attached hydrogens (tertiary/aromatic N) is 3. The average molecular weight is 242 g/mol. The number of hydrogen-bond acceptors (Lipinski definition) is 3. The molecule has 94 valence electrons. The predicted octanol–water partition coefficient (Wildman–Crippen LogP) is 2.26. The minimum Gasteiger partial charge on any atom is -0.305 e. The van der Waals surface area contributed by atoms with Gasteiger partial charge < -0.3 is 5.32 Å². The summed E-state index contributed by atoms with van der Waals surface area (Å²) >= 11 is 0. The van der Waals surface area contributed by atoms with E-state index in [0.717, 1.165) is 24.5 Å². The number of rotatable bonds is 2. The minimum absolute atomic E-state index is 0.0649. The highest BCUT2D eigenvalue weighted by Gasteiger charge is 2.33. The zero-order valence-corrected chi connectivity index (χ0v) is 10.6. The van der Waals surface area contributed by atoms with Crippen LogP contribution in [0.5, 0.6) is 0 Å². The maximum atomic E-state index is 4.34. The van der Waals surface area contributed by atoms with Gasteiger partial charge in [-0.25, -0.2) is 0 Å². The molecule has 2 aromatic rings. The van der Waals surface area contributed by atoms with Crippen LogP contribution in [0.3, 0.4) is 0 Å². The molecule has 1 atom stereocenters. The third-order valence-electron chi connectivity index (χ3n) is 3.69. The predicted molar refractivity (Wildman–Crippen MR) is 70.6 cm³/mol. The van der Waals surface area contributed by atoms with E-state index in [9.17, 15) is 0 Å². The number of hydrogen-bond donors (Lipinski definition) is 1. The largest absolute Gasteiger partial charge is 0.305 e. The lowest BCUT2D eigenvalue weighted by atomic mass is 9.90. The van der Waals surface area contributed by atoms with Crippen molar-refractivity contribution in [1.29, 1.82) is 0 Å². The summed E-state index contributed by atoms with van der Waals surface area (Å²) in [6.45, 7) is 3.27. The summed E-state index contributed by atoms with van der Waals surface area (Å²) in [5.74, 6) is 1.01. The van der Waals surface area contributed by atoms with Crippen LogP contribution in [0.25, 0.3) is 5.69 Å². The summed E-state index contributed by atoms with van der Waals surface area (Å²) in [5, 5.41) is 12.0. The van der Waals surface area contributed by atoms with E-state index in [1.54, 1.807) is 6.33 Å². The van der Waals surface area contributed by atoms with Crippen molar-refractivity contribution < 1.29 is 0 Å². The number of para-hydroxylation sites is 1. The Kier molecular flexibility index (Phi) is 2.88. The summed E-state index contributed by atoms with van der Waals surface area (Å²) < 4.78 is 2.08. The van der Waals surface area contributed by atoms with Crippen LogP contribution in [0.15, 0.2) is 36.7 Å². The third-order valence-corrected chi connectivity index (χ3v) is 3.69. The maximum Gasteiger partial charge on any atom is 0.157 e. The molecule has 18 heavy (non-hydrogen) atoms. The first-order chi connectivity index (χ1) is 8.80. The summed E-state index contributed by atoms with van der Waals surface area (Å²) in [5.41, 5.74) is 1.05. The van der Waals surface area contributed by atoms with Crippen LogP contribution in [0.4, 0.5) is 0 Å². The molecule has 0 spiro atoms. The first-order valence-electron chi connectivity index (χ1n) is 6.51. The van der Waals surface area contributed by atoms with E-state index >= 15 is 0 Å². The van der Waals surface area contributed by atoms with Crippen molar-refractivity contribution in [2.75, 3.05) is 6.54 Å². The zero-order chi connectivity index (χ0) is 12.4. The van der Waals surface area contributed by atoms with Gasteiger partial charge in [0.05, 0.1) is 5.54 Å². The number of aromatic nitrogens is 3. The molecule has 0 saturated carbocycles. The van der Waals surface area contributed by atoms with Gasteiger partial charge in [0.15, 0.2) is 5.82 Å². The van der Waals surface area contributed by atoms with Gasteiger partial charge in [0.1, 0.15) is 6.33 Å². The number of benzene rings is 1. The topological polar surface area (TPSA) is 42.7 Å². The van der Waals surface area contributed by atoms with Crippen molar-refractivity contribution >= 4 is 0 Å². The molecule has 0 bridgehead atoms. The van der Waals surface area contributed by atoms with E-state index in [4.69, 9.17) is 0 Å². The standard InChI is InChI=1S/C14H18N4/c1-14(9-5-6-10-15-14)13-17-16-11-18(13)12-7-3-2-4-8-12/h2-4,7-8,11,15H,5-6,9-10H2,1H3. The van der Waals surface area contributed by atoms with E-state index in [0.29, 0.717) is 0 Å². The van der Waals surface area contributed by atoms with Gasteiger partial charge in [0.2, 0.25) is 0 Å². The van der Waals surface area contributed by atoms with Crippen molar-refractivity contribution in [1.82, 2.24) is 20.1 Å². The Bertz CT molecular complexity index is 512. The van der Waals surface area contributed by atoms with Crippen LogP contribution in [-0.2, 0) is 5.54 Å². The van der Waals surface area contributed by atoms with Crippen molar-refractivity contribution in [3.05, 3.63) is 42.5 Å². The quantitative estimate of drug-likeness (QED) is 0.878. The number of nitrogens with one attached hydrogen (secondary N) is 1. The molecule has 0 amide bonds. The third kappa shape index (κ3) is 1.93. The molecule has 4 heteroatoms. The normalized spacial score (nSPS) is 24.1.